The van der Waals surface area contributed by atoms with Crippen LogP contribution < -0.4 is 20.1 Å². The third kappa shape index (κ3) is 6.93. The summed E-state index contributed by atoms with van der Waals surface area (Å²) in [5.41, 5.74) is 1.09. The van der Waals surface area contributed by atoms with Crippen LogP contribution in [0.25, 0.3) is 0 Å². The van der Waals surface area contributed by atoms with Crippen molar-refractivity contribution in [1.29, 1.82) is 0 Å². The molecule has 0 saturated carbocycles. The van der Waals surface area contributed by atoms with Gasteiger partial charge in [-0.15, -0.1) is 0 Å². The zero-order chi connectivity index (χ0) is 20.7. The molecule has 0 radical (unpaired) electrons. The molecule has 0 saturated heterocycles. The van der Waals surface area contributed by atoms with Crippen LogP contribution >= 0.6 is 0 Å². The molecule has 0 fully saturated rings. The van der Waals surface area contributed by atoms with E-state index in [1.807, 2.05) is 0 Å². The molecule has 152 valence electrons. The van der Waals surface area contributed by atoms with Crippen molar-refractivity contribution < 1.29 is 36.2 Å². The highest BCUT2D eigenvalue weighted by Crippen LogP contribution is 2.29. The summed E-state index contributed by atoms with van der Waals surface area (Å²) in [5, 5.41) is 4.91. The number of anilines is 1. The molecule has 2 aromatic rings. The van der Waals surface area contributed by atoms with Gasteiger partial charge in [-0.25, -0.2) is 4.79 Å². The Kier molecular flexibility index (Phi) is 7.02. The summed E-state index contributed by atoms with van der Waals surface area (Å²) in [6.07, 6.45) is -4.46. The molecule has 5 nitrogen and oxygen atoms in total. The van der Waals surface area contributed by atoms with Gasteiger partial charge in [0.2, 0.25) is 0 Å². The monoisotopic (exact) mass is 404 g/mol. The largest absolute Gasteiger partial charge is 0.484 e. The van der Waals surface area contributed by atoms with Crippen molar-refractivity contribution in [3.05, 3.63) is 53.6 Å². The minimum Gasteiger partial charge on any atom is -0.484 e. The number of hydrogen-bond acceptors (Lipinski definition) is 3. The van der Waals surface area contributed by atoms with Gasteiger partial charge < -0.3 is 20.1 Å². The van der Waals surface area contributed by atoms with E-state index in [1.54, 1.807) is 19.1 Å². The first kappa shape index (κ1) is 21.3. The molecule has 28 heavy (non-hydrogen) atoms. The van der Waals surface area contributed by atoms with E-state index in [0.29, 0.717) is 11.1 Å². The first-order valence-corrected chi connectivity index (χ1v) is 8.02. The van der Waals surface area contributed by atoms with E-state index in [9.17, 15) is 26.7 Å². The van der Waals surface area contributed by atoms with Crippen LogP contribution in [0.5, 0.6) is 11.5 Å². The van der Waals surface area contributed by atoms with Gasteiger partial charge in [-0.2, -0.15) is 22.0 Å². The Balaban J connectivity index is 1.96. The molecular formula is C18H17F5N2O3. The lowest BCUT2D eigenvalue weighted by Gasteiger charge is -2.15. The van der Waals surface area contributed by atoms with Gasteiger partial charge >= 0.3 is 18.8 Å². The third-order valence-corrected chi connectivity index (χ3v) is 3.44. The van der Waals surface area contributed by atoms with Crippen LogP contribution in [0.2, 0.25) is 0 Å². The summed E-state index contributed by atoms with van der Waals surface area (Å²) in [7, 11) is 0. The summed E-state index contributed by atoms with van der Waals surface area (Å²) in [5.74, 6) is -0.184. The molecule has 0 aliphatic rings. The molecule has 0 aliphatic heterocycles. The number of nitrogens with one attached hydrogen (secondary N) is 2. The van der Waals surface area contributed by atoms with Crippen molar-refractivity contribution in [2.45, 2.75) is 26.3 Å². The highest BCUT2D eigenvalue weighted by Gasteiger charge is 2.28. The number of hydrogen-bond donors (Lipinski definition) is 2. The van der Waals surface area contributed by atoms with E-state index in [0.717, 1.165) is 0 Å². The number of benzene rings is 2. The molecule has 10 heteroatoms. The molecule has 0 heterocycles. The Morgan fingerprint density at radius 1 is 1.14 bits per heavy atom. The van der Waals surface area contributed by atoms with Crippen LogP contribution in [0.15, 0.2) is 42.5 Å². The second-order valence-corrected chi connectivity index (χ2v) is 5.69. The second kappa shape index (κ2) is 9.25. The van der Waals surface area contributed by atoms with Crippen LogP contribution in [-0.4, -0.2) is 25.4 Å². The number of carbonyl (C=O) groups excluding carboxylic acids is 1. The van der Waals surface area contributed by atoms with Gasteiger partial charge in [0.05, 0.1) is 5.69 Å². The van der Waals surface area contributed by atoms with E-state index < -0.39 is 25.4 Å². The molecule has 2 N–H and O–H groups in total. The summed E-state index contributed by atoms with van der Waals surface area (Å²) in [6, 6.07) is 9.47. The minimum absolute atomic E-state index is 0.00329. The Bertz CT molecular complexity index is 812. The zero-order valence-electron chi connectivity index (χ0n) is 14.6. The van der Waals surface area contributed by atoms with Crippen molar-refractivity contribution in [3.8, 4) is 11.5 Å². The van der Waals surface area contributed by atoms with Crippen LogP contribution in [0.4, 0.5) is 32.4 Å². The lowest BCUT2D eigenvalue weighted by atomic mass is 10.2. The fraction of sp³-hybridized carbons (Fsp3) is 0.278. The van der Waals surface area contributed by atoms with E-state index in [1.165, 1.54) is 30.3 Å². The maximum atomic E-state index is 12.5. The number of urea groups is 1. The highest BCUT2D eigenvalue weighted by atomic mass is 19.4. The smallest absolute Gasteiger partial charge is 0.422 e. The van der Waals surface area contributed by atoms with Crippen LogP contribution in [0, 0.1) is 6.92 Å². The molecule has 0 atom stereocenters. The molecule has 2 aromatic carbocycles. The standard InChI is InChI=1S/C18H17F5N2O3/c1-11-4-2-7-14(28-16(19)20)15(11)25-17(26)24-9-12-5-3-6-13(8-12)27-10-18(21,22)23/h2-8,16H,9-10H2,1H3,(H2,24,25,26). The van der Waals surface area contributed by atoms with Gasteiger partial charge in [0.1, 0.15) is 11.5 Å². The number of amides is 2. The van der Waals surface area contributed by atoms with Gasteiger partial charge in [0, 0.05) is 6.54 Å². The fourth-order valence-electron chi connectivity index (χ4n) is 2.25. The normalized spacial score (nSPS) is 11.2. The number of carbonyl (C=O) groups is 1. The maximum Gasteiger partial charge on any atom is 0.422 e. The number of rotatable bonds is 7. The van der Waals surface area contributed by atoms with E-state index >= 15 is 0 Å². The topological polar surface area (TPSA) is 59.6 Å². The van der Waals surface area contributed by atoms with Crippen molar-refractivity contribution in [2.24, 2.45) is 0 Å². The van der Waals surface area contributed by atoms with Gasteiger partial charge in [0.15, 0.2) is 6.61 Å². The molecule has 0 aliphatic carbocycles. The molecule has 2 amide bonds. The Morgan fingerprint density at radius 3 is 2.54 bits per heavy atom. The predicted molar refractivity (Wildman–Crippen MR) is 91.7 cm³/mol. The van der Waals surface area contributed by atoms with Crippen molar-refractivity contribution in [1.82, 2.24) is 5.32 Å². The number of para-hydroxylation sites is 1. The average Bonchev–Trinajstić information content (AvgIpc) is 2.60. The fourth-order valence-corrected chi connectivity index (χ4v) is 2.25. The van der Waals surface area contributed by atoms with Gasteiger partial charge in [-0.3, -0.25) is 0 Å². The van der Waals surface area contributed by atoms with Crippen molar-refractivity contribution in [3.63, 3.8) is 0 Å². The molecule has 0 spiro atoms. The van der Waals surface area contributed by atoms with Crippen molar-refractivity contribution in [2.75, 3.05) is 11.9 Å². The minimum atomic E-state index is -4.46. The van der Waals surface area contributed by atoms with Gasteiger partial charge in [-0.05, 0) is 36.2 Å². The summed E-state index contributed by atoms with van der Waals surface area (Å²) in [6.45, 7) is -2.89. The van der Waals surface area contributed by atoms with Gasteiger partial charge in [-0.1, -0.05) is 24.3 Å². The summed E-state index contributed by atoms with van der Waals surface area (Å²) < 4.78 is 70.6. The third-order valence-electron chi connectivity index (χ3n) is 3.44. The van der Waals surface area contributed by atoms with Crippen LogP contribution in [-0.2, 0) is 6.54 Å². The SMILES string of the molecule is Cc1cccc(OC(F)F)c1NC(=O)NCc1cccc(OCC(F)(F)F)c1. The molecule has 0 unspecified atom stereocenters. The van der Waals surface area contributed by atoms with E-state index in [4.69, 9.17) is 0 Å². The second-order valence-electron chi connectivity index (χ2n) is 5.69. The van der Waals surface area contributed by atoms with E-state index in [-0.39, 0.29) is 23.7 Å². The number of aryl methyl sites for hydroxylation is 1. The highest BCUT2D eigenvalue weighted by molar-refractivity contribution is 5.91. The average molecular weight is 404 g/mol. The lowest BCUT2D eigenvalue weighted by Crippen LogP contribution is -2.28. The molecule has 2 rings (SSSR count). The predicted octanol–water partition coefficient (Wildman–Crippen LogP) is 4.86. The van der Waals surface area contributed by atoms with Gasteiger partial charge in [0.25, 0.3) is 0 Å². The molecule has 0 bridgehead atoms. The van der Waals surface area contributed by atoms with Crippen LogP contribution in [0.1, 0.15) is 11.1 Å². The Hall–Kier alpha value is -3.04. The molecule has 0 aromatic heterocycles. The number of alkyl halides is 5. The quantitative estimate of drug-likeness (QED) is 0.648. The lowest BCUT2D eigenvalue weighted by molar-refractivity contribution is -0.153. The Morgan fingerprint density at radius 2 is 1.86 bits per heavy atom. The summed E-state index contributed by atoms with van der Waals surface area (Å²) >= 11 is 0. The van der Waals surface area contributed by atoms with E-state index in [2.05, 4.69) is 20.1 Å². The zero-order valence-corrected chi connectivity index (χ0v) is 14.6. The van der Waals surface area contributed by atoms with Crippen LogP contribution in [0.3, 0.4) is 0 Å². The first-order valence-electron chi connectivity index (χ1n) is 8.02. The first-order chi connectivity index (χ1) is 13.1. The maximum absolute atomic E-state index is 12.5. The number of halogens is 5. The number of ether oxygens (including phenoxy) is 2. The summed E-state index contributed by atoms with van der Waals surface area (Å²) in [4.78, 5) is 12.1. The van der Waals surface area contributed by atoms with Crippen molar-refractivity contribution >= 4 is 11.7 Å². The Labute approximate surface area is 157 Å². The molecular weight excluding hydrogens is 387 g/mol.